The predicted octanol–water partition coefficient (Wildman–Crippen LogP) is 3.51. The van der Waals surface area contributed by atoms with Crippen LogP contribution in [0.25, 0.3) is 0 Å². The fourth-order valence-corrected chi connectivity index (χ4v) is 2.60. The van der Waals surface area contributed by atoms with Gasteiger partial charge in [-0.1, -0.05) is 18.2 Å². The van der Waals surface area contributed by atoms with Gasteiger partial charge in [-0.25, -0.2) is 0 Å². The summed E-state index contributed by atoms with van der Waals surface area (Å²) in [6, 6.07) is 13.2. The second-order valence-electron chi connectivity index (χ2n) is 5.72. The Bertz CT molecular complexity index is 768. The van der Waals surface area contributed by atoms with Crippen LogP contribution in [0.5, 0.6) is 17.2 Å². The zero-order chi connectivity index (χ0) is 20.4. The number of methoxy groups -OCH3 is 3. The molecule has 150 valence electrons. The third-order valence-corrected chi connectivity index (χ3v) is 3.92. The van der Waals surface area contributed by atoms with Gasteiger partial charge in [0.05, 0.1) is 52.8 Å². The summed E-state index contributed by atoms with van der Waals surface area (Å²) in [5.41, 5.74) is 1.64. The molecule has 2 aromatic carbocycles. The molecule has 0 aliphatic heterocycles. The van der Waals surface area contributed by atoms with Gasteiger partial charge in [-0.3, -0.25) is 9.80 Å². The standard InChI is InChI=1S/C21H26N2O5/c1-5-28-20(24)11-12-23(17-9-7-6-8-10-17)22-15-16-13-18(25-2)21(27-4)19(14-16)26-3/h6-10,13-15H,5,11-12H2,1-4H3. The molecule has 0 N–H and O–H groups in total. The van der Waals surface area contributed by atoms with Crippen molar-refractivity contribution < 1.29 is 23.7 Å². The first kappa shape index (κ1) is 21.1. The van der Waals surface area contributed by atoms with E-state index in [2.05, 4.69) is 5.10 Å². The molecule has 0 fully saturated rings. The number of rotatable bonds is 10. The zero-order valence-corrected chi connectivity index (χ0v) is 16.7. The Kier molecular flexibility index (Phi) is 8.14. The van der Waals surface area contributed by atoms with Crippen molar-refractivity contribution in [2.75, 3.05) is 39.5 Å². The summed E-state index contributed by atoms with van der Waals surface area (Å²) < 4.78 is 21.1. The van der Waals surface area contributed by atoms with E-state index in [1.165, 1.54) is 0 Å². The summed E-state index contributed by atoms with van der Waals surface area (Å²) in [7, 11) is 4.68. The van der Waals surface area contributed by atoms with Gasteiger partial charge >= 0.3 is 5.97 Å². The molecule has 0 saturated heterocycles. The molecule has 0 aliphatic rings. The number of ether oxygens (including phenoxy) is 4. The minimum atomic E-state index is -0.258. The van der Waals surface area contributed by atoms with Crippen molar-refractivity contribution >= 4 is 17.9 Å². The third kappa shape index (κ3) is 5.64. The SMILES string of the molecule is CCOC(=O)CCN(N=Cc1cc(OC)c(OC)c(OC)c1)c1ccccc1. The number of hydrogen-bond donors (Lipinski definition) is 0. The summed E-state index contributed by atoms with van der Waals surface area (Å²) >= 11 is 0. The van der Waals surface area contributed by atoms with Crippen molar-refractivity contribution in [3.63, 3.8) is 0 Å². The third-order valence-electron chi connectivity index (χ3n) is 3.92. The number of carbonyl (C=O) groups excluding carboxylic acids is 1. The van der Waals surface area contributed by atoms with Crippen LogP contribution in [0.4, 0.5) is 5.69 Å². The van der Waals surface area contributed by atoms with Crippen LogP contribution >= 0.6 is 0 Å². The monoisotopic (exact) mass is 386 g/mol. The fourth-order valence-electron chi connectivity index (χ4n) is 2.60. The lowest BCUT2D eigenvalue weighted by Crippen LogP contribution is -2.21. The zero-order valence-electron chi connectivity index (χ0n) is 16.7. The Balaban J connectivity index is 2.27. The molecule has 0 atom stereocenters. The van der Waals surface area contributed by atoms with Crippen molar-refractivity contribution in [3.05, 3.63) is 48.0 Å². The van der Waals surface area contributed by atoms with Crippen molar-refractivity contribution in [1.82, 2.24) is 0 Å². The van der Waals surface area contributed by atoms with Crippen LogP contribution in [0.3, 0.4) is 0 Å². The highest BCUT2D eigenvalue weighted by atomic mass is 16.5. The van der Waals surface area contributed by atoms with Crippen LogP contribution in [0.2, 0.25) is 0 Å². The molecular formula is C21H26N2O5. The average Bonchev–Trinajstić information content (AvgIpc) is 2.73. The minimum absolute atomic E-state index is 0.231. The number of benzene rings is 2. The van der Waals surface area contributed by atoms with E-state index < -0.39 is 0 Å². The molecule has 0 saturated carbocycles. The van der Waals surface area contributed by atoms with Crippen LogP contribution < -0.4 is 19.2 Å². The van der Waals surface area contributed by atoms with Gasteiger partial charge in [0.1, 0.15) is 0 Å². The topological polar surface area (TPSA) is 69.6 Å². The number of carbonyl (C=O) groups is 1. The molecule has 0 heterocycles. The minimum Gasteiger partial charge on any atom is -0.493 e. The smallest absolute Gasteiger partial charge is 0.307 e. The van der Waals surface area contributed by atoms with Crippen molar-refractivity contribution in [1.29, 1.82) is 0 Å². The lowest BCUT2D eigenvalue weighted by molar-refractivity contribution is -0.142. The normalized spacial score (nSPS) is 10.6. The first-order chi connectivity index (χ1) is 13.6. The highest BCUT2D eigenvalue weighted by molar-refractivity contribution is 5.83. The second kappa shape index (κ2) is 10.8. The molecule has 0 aliphatic carbocycles. The van der Waals surface area contributed by atoms with E-state index in [4.69, 9.17) is 18.9 Å². The summed E-state index contributed by atoms with van der Waals surface area (Å²) in [6.07, 6.45) is 1.91. The molecule has 0 radical (unpaired) electrons. The van der Waals surface area contributed by atoms with Crippen molar-refractivity contribution in [2.24, 2.45) is 5.10 Å². The Morgan fingerprint density at radius 3 is 2.21 bits per heavy atom. The number of nitrogens with zero attached hydrogens (tertiary/aromatic N) is 2. The molecule has 0 aromatic heterocycles. The summed E-state index contributed by atoms with van der Waals surface area (Å²) in [5, 5.41) is 6.30. The maximum Gasteiger partial charge on any atom is 0.307 e. The molecule has 0 unspecified atom stereocenters. The molecule has 0 spiro atoms. The highest BCUT2D eigenvalue weighted by Gasteiger charge is 2.13. The van der Waals surface area contributed by atoms with Crippen LogP contribution in [-0.4, -0.2) is 46.7 Å². The lowest BCUT2D eigenvalue weighted by Gasteiger charge is -2.19. The fraction of sp³-hybridized carbons (Fsp3) is 0.333. The molecule has 28 heavy (non-hydrogen) atoms. The number of esters is 1. The van der Waals surface area contributed by atoms with Crippen LogP contribution in [0.1, 0.15) is 18.9 Å². The number of anilines is 1. The largest absolute Gasteiger partial charge is 0.493 e. The molecule has 0 bridgehead atoms. The summed E-state index contributed by atoms with van der Waals surface area (Å²) in [6.45, 7) is 2.54. The van der Waals surface area contributed by atoms with E-state index in [-0.39, 0.29) is 12.4 Å². The van der Waals surface area contributed by atoms with Crippen molar-refractivity contribution in [2.45, 2.75) is 13.3 Å². The second-order valence-corrected chi connectivity index (χ2v) is 5.72. The van der Waals surface area contributed by atoms with Gasteiger partial charge in [-0.05, 0) is 31.2 Å². The molecular weight excluding hydrogens is 360 g/mol. The van der Waals surface area contributed by atoms with Gasteiger partial charge in [-0.2, -0.15) is 5.10 Å². The number of para-hydroxylation sites is 1. The quantitative estimate of drug-likeness (QED) is 0.354. The molecule has 2 rings (SSSR count). The first-order valence-electron chi connectivity index (χ1n) is 8.95. The Morgan fingerprint density at radius 1 is 1.04 bits per heavy atom. The molecule has 7 nitrogen and oxygen atoms in total. The van der Waals surface area contributed by atoms with E-state index in [1.807, 2.05) is 30.3 Å². The molecule has 0 amide bonds. The van der Waals surface area contributed by atoms with Gasteiger partial charge in [-0.15, -0.1) is 0 Å². The van der Waals surface area contributed by atoms with Gasteiger partial charge in [0.15, 0.2) is 11.5 Å². The number of hydrazone groups is 1. The van der Waals surface area contributed by atoms with Gasteiger partial charge in [0.2, 0.25) is 5.75 Å². The van der Waals surface area contributed by atoms with E-state index in [9.17, 15) is 4.79 Å². The molecule has 7 heteroatoms. The number of hydrogen-bond acceptors (Lipinski definition) is 7. The maximum absolute atomic E-state index is 11.7. The van der Waals surface area contributed by atoms with E-state index >= 15 is 0 Å². The Morgan fingerprint density at radius 2 is 1.68 bits per heavy atom. The van der Waals surface area contributed by atoms with Gasteiger partial charge in [0, 0.05) is 5.56 Å². The van der Waals surface area contributed by atoms with E-state index in [0.717, 1.165) is 11.3 Å². The molecule has 2 aromatic rings. The summed E-state index contributed by atoms with van der Waals surface area (Å²) in [5.74, 6) is 1.35. The van der Waals surface area contributed by atoms with Gasteiger partial charge < -0.3 is 18.9 Å². The first-order valence-corrected chi connectivity index (χ1v) is 8.95. The van der Waals surface area contributed by atoms with Crippen molar-refractivity contribution in [3.8, 4) is 17.2 Å². The predicted molar refractivity (Wildman–Crippen MR) is 109 cm³/mol. The average molecular weight is 386 g/mol. The Hall–Kier alpha value is -3.22. The summed E-state index contributed by atoms with van der Waals surface area (Å²) in [4.78, 5) is 11.7. The van der Waals surface area contributed by atoms with E-state index in [0.29, 0.717) is 30.4 Å². The lowest BCUT2D eigenvalue weighted by atomic mass is 10.2. The van der Waals surface area contributed by atoms with Crippen LogP contribution in [-0.2, 0) is 9.53 Å². The maximum atomic E-state index is 11.7. The van der Waals surface area contributed by atoms with Crippen LogP contribution in [0, 0.1) is 0 Å². The Labute approximate surface area is 165 Å². The van der Waals surface area contributed by atoms with E-state index in [1.54, 1.807) is 51.6 Å². The van der Waals surface area contributed by atoms with Gasteiger partial charge in [0.25, 0.3) is 0 Å². The highest BCUT2D eigenvalue weighted by Crippen LogP contribution is 2.37. The van der Waals surface area contributed by atoms with Crippen LogP contribution in [0.15, 0.2) is 47.6 Å².